The lowest BCUT2D eigenvalue weighted by Gasteiger charge is -2.19. The standard InChI is InChI=1S/C32H46O2/c1-5-7-9-11-13-15-21-33-31-27-19-17-25(3)23-29(27)32(30-24-26(4)18-20-28(30)31)34-22-16-14-12-10-8-6-2/h17-20,23-24H,5-16,21-22H2,1-4H3. The van der Waals surface area contributed by atoms with E-state index in [0.29, 0.717) is 0 Å². The third-order valence-electron chi connectivity index (χ3n) is 6.82. The van der Waals surface area contributed by atoms with E-state index < -0.39 is 0 Å². The lowest BCUT2D eigenvalue weighted by Crippen LogP contribution is -2.03. The van der Waals surface area contributed by atoms with Crippen molar-refractivity contribution in [2.24, 2.45) is 0 Å². The van der Waals surface area contributed by atoms with Gasteiger partial charge in [-0.15, -0.1) is 0 Å². The van der Waals surface area contributed by atoms with Gasteiger partial charge < -0.3 is 9.47 Å². The summed E-state index contributed by atoms with van der Waals surface area (Å²) >= 11 is 0. The number of hydrogen-bond acceptors (Lipinski definition) is 2. The van der Waals surface area contributed by atoms with Crippen LogP contribution in [0.3, 0.4) is 0 Å². The van der Waals surface area contributed by atoms with E-state index in [1.807, 2.05) is 0 Å². The quantitative estimate of drug-likeness (QED) is 0.156. The summed E-state index contributed by atoms with van der Waals surface area (Å²) in [5.74, 6) is 2.04. The Morgan fingerprint density at radius 1 is 0.471 bits per heavy atom. The fourth-order valence-electron chi connectivity index (χ4n) is 4.80. The fourth-order valence-corrected chi connectivity index (χ4v) is 4.80. The molecule has 0 aliphatic heterocycles. The molecule has 0 saturated heterocycles. The number of unbranched alkanes of at least 4 members (excludes halogenated alkanes) is 10. The maximum Gasteiger partial charge on any atom is 0.135 e. The minimum atomic E-state index is 0.774. The van der Waals surface area contributed by atoms with Crippen molar-refractivity contribution in [3.63, 3.8) is 0 Å². The molecule has 0 spiro atoms. The van der Waals surface area contributed by atoms with Gasteiger partial charge in [0, 0.05) is 21.5 Å². The zero-order chi connectivity index (χ0) is 24.2. The molecule has 0 heterocycles. The van der Waals surface area contributed by atoms with Gasteiger partial charge in [0.2, 0.25) is 0 Å². The number of fused-ring (bicyclic) bond motifs is 2. The molecular formula is C32H46O2. The Kier molecular flexibility index (Phi) is 11.1. The first-order valence-electron chi connectivity index (χ1n) is 13.9. The molecule has 3 aromatic rings. The van der Waals surface area contributed by atoms with Crippen molar-refractivity contribution in [1.82, 2.24) is 0 Å². The van der Waals surface area contributed by atoms with Crippen molar-refractivity contribution >= 4 is 21.5 Å². The van der Waals surface area contributed by atoms with Crippen molar-refractivity contribution < 1.29 is 9.47 Å². The van der Waals surface area contributed by atoms with E-state index in [-0.39, 0.29) is 0 Å². The fraction of sp³-hybridized carbons (Fsp3) is 0.562. The Labute approximate surface area is 208 Å². The second kappa shape index (κ2) is 14.2. The second-order valence-corrected chi connectivity index (χ2v) is 9.99. The van der Waals surface area contributed by atoms with Crippen LogP contribution in [-0.4, -0.2) is 13.2 Å². The molecule has 0 N–H and O–H groups in total. The number of ether oxygens (including phenoxy) is 2. The molecular weight excluding hydrogens is 416 g/mol. The Morgan fingerprint density at radius 2 is 0.853 bits per heavy atom. The Bertz CT molecular complexity index is 958. The minimum absolute atomic E-state index is 0.774. The third-order valence-corrected chi connectivity index (χ3v) is 6.82. The molecule has 0 amide bonds. The SMILES string of the molecule is CCCCCCCCOc1c2ccc(C)cc2c(OCCCCCCCC)c2cc(C)ccc12. The van der Waals surface area contributed by atoms with Gasteiger partial charge in [0.15, 0.2) is 0 Å². The van der Waals surface area contributed by atoms with Gasteiger partial charge in [0.25, 0.3) is 0 Å². The highest BCUT2D eigenvalue weighted by Gasteiger charge is 2.17. The molecule has 0 unspecified atom stereocenters. The van der Waals surface area contributed by atoms with E-state index in [9.17, 15) is 0 Å². The molecule has 0 aliphatic rings. The summed E-state index contributed by atoms with van der Waals surface area (Å²) in [5, 5.41) is 4.71. The average molecular weight is 463 g/mol. The monoisotopic (exact) mass is 462 g/mol. The minimum Gasteiger partial charge on any atom is -0.492 e. The van der Waals surface area contributed by atoms with Crippen LogP contribution in [-0.2, 0) is 0 Å². The Morgan fingerprint density at radius 3 is 1.29 bits per heavy atom. The van der Waals surface area contributed by atoms with Gasteiger partial charge in [-0.25, -0.2) is 0 Å². The van der Waals surface area contributed by atoms with Crippen LogP contribution in [0.5, 0.6) is 11.5 Å². The molecule has 2 heteroatoms. The maximum atomic E-state index is 6.53. The Hall–Kier alpha value is -2.22. The van der Waals surface area contributed by atoms with Crippen LogP contribution in [0.2, 0.25) is 0 Å². The summed E-state index contributed by atoms with van der Waals surface area (Å²) in [6, 6.07) is 13.4. The number of hydrogen-bond donors (Lipinski definition) is 0. The number of benzene rings is 3. The van der Waals surface area contributed by atoms with Crippen molar-refractivity contribution in [2.75, 3.05) is 13.2 Å². The van der Waals surface area contributed by atoms with Crippen LogP contribution in [0.4, 0.5) is 0 Å². The number of aryl methyl sites for hydroxylation is 2. The zero-order valence-electron chi connectivity index (χ0n) is 22.2. The van der Waals surface area contributed by atoms with Crippen molar-refractivity contribution in [1.29, 1.82) is 0 Å². The van der Waals surface area contributed by atoms with E-state index in [2.05, 4.69) is 64.1 Å². The summed E-state index contributed by atoms with van der Waals surface area (Å²) in [5.41, 5.74) is 2.51. The molecule has 3 aromatic carbocycles. The van der Waals surface area contributed by atoms with Crippen molar-refractivity contribution in [3.8, 4) is 11.5 Å². The van der Waals surface area contributed by atoms with Gasteiger partial charge in [0.05, 0.1) is 13.2 Å². The molecule has 186 valence electrons. The van der Waals surface area contributed by atoms with Gasteiger partial charge in [-0.1, -0.05) is 113 Å². The number of rotatable bonds is 16. The zero-order valence-corrected chi connectivity index (χ0v) is 22.2. The molecule has 0 fully saturated rings. The normalized spacial score (nSPS) is 11.4. The van der Waals surface area contributed by atoms with Crippen LogP contribution < -0.4 is 9.47 Å². The van der Waals surface area contributed by atoms with E-state index >= 15 is 0 Å². The van der Waals surface area contributed by atoms with Gasteiger partial charge in [-0.05, 0) is 38.8 Å². The lowest BCUT2D eigenvalue weighted by atomic mass is 9.97. The third kappa shape index (κ3) is 7.39. The van der Waals surface area contributed by atoms with Crippen molar-refractivity contribution in [2.45, 2.75) is 105 Å². The first kappa shape index (κ1) is 26.4. The summed E-state index contributed by atoms with van der Waals surface area (Å²) < 4.78 is 13.0. The predicted molar refractivity (Wildman–Crippen MR) is 149 cm³/mol. The summed E-state index contributed by atoms with van der Waals surface area (Å²) in [4.78, 5) is 0. The van der Waals surface area contributed by atoms with E-state index in [0.717, 1.165) is 37.6 Å². The molecule has 0 bridgehead atoms. The molecule has 0 saturated carbocycles. The van der Waals surface area contributed by atoms with E-state index in [4.69, 9.17) is 9.47 Å². The van der Waals surface area contributed by atoms with Gasteiger partial charge in [0.1, 0.15) is 11.5 Å². The highest BCUT2D eigenvalue weighted by Crippen LogP contribution is 2.43. The lowest BCUT2D eigenvalue weighted by molar-refractivity contribution is 0.306. The average Bonchev–Trinajstić information content (AvgIpc) is 2.83. The topological polar surface area (TPSA) is 18.5 Å². The van der Waals surface area contributed by atoms with Crippen molar-refractivity contribution in [3.05, 3.63) is 47.5 Å². The highest BCUT2D eigenvalue weighted by molar-refractivity contribution is 6.11. The second-order valence-electron chi connectivity index (χ2n) is 9.99. The summed E-state index contributed by atoms with van der Waals surface area (Å²) in [7, 11) is 0. The van der Waals surface area contributed by atoms with Crippen LogP contribution in [0, 0.1) is 13.8 Å². The van der Waals surface area contributed by atoms with Gasteiger partial charge in [-0.3, -0.25) is 0 Å². The summed E-state index contributed by atoms with van der Waals surface area (Å²) in [6.45, 7) is 10.4. The van der Waals surface area contributed by atoms with Crippen LogP contribution in [0.1, 0.15) is 102 Å². The van der Waals surface area contributed by atoms with Gasteiger partial charge >= 0.3 is 0 Å². The van der Waals surface area contributed by atoms with E-state index in [1.165, 1.54) is 96.9 Å². The molecule has 3 rings (SSSR count). The Balaban J connectivity index is 1.82. The largest absolute Gasteiger partial charge is 0.492 e. The first-order valence-corrected chi connectivity index (χ1v) is 13.9. The summed E-state index contributed by atoms with van der Waals surface area (Å²) in [6.07, 6.45) is 15.3. The highest BCUT2D eigenvalue weighted by atomic mass is 16.5. The van der Waals surface area contributed by atoms with E-state index in [1.54, 1.807) is 0 Å². The molecule has 34 heavy (non-hydrogen) atoms. The maximum absolute atomic E-state index is 6.53. The molecule has 0 atom stereocenters. The van der Waals surface area contributed by atoms with Crippen LogP contribution >= 0.6 is 0 Å². The predicted octanol–water partition coefficient (Wildman–Crippen LogP) is 10.1. The molecule has 0 radical (unpaired) electrons. The molecule has 0 aliphatic carbocycles. The van der Waals surface area contributed by atoms with Crippen LogP contribution in [0.25, 0.3) is 21.5 Å². The van der Waals surface area contributed by atoms with Gasteiger partial charge in [-0.2, -0.15) is 0 Å². The first-order chi connectivity index (χ1) is 16.7. The van der Waals surface area contributed by atoms with Crippen LogP contribution in [0.15, 0.2) is 36.4 Å². The smallest absolute Gasteiger partial charge is 0.135 e. The molecule has 0 aromatic heterocycles. The molecule has 2 nitrogen and oxygen atoms in total.